The van der Waals surface area contributed by atoms with Gasteiger partial charge >= 0.3 is 0 Å². The van der Waals surface area contributed by atoms with E-state index in [1.165, 1.54) is 0 Å². The highest BCUT2D eigenvalue weighted by atomic mass is 15.3. The zero-order chi connectivity index (χ0) is 10.8. The minimum Gasteiger partial charge on any atom is -0.307 e. The lowest BCUT2D eigenvalue weighted by atomic mass is 9.88. The van der Waals surface area contributed by atoms with E-state index in [0.29, 0.717) is 6.04 Å². The second-order valence-electron chi connectivity index (χ2n) is 4.77. The molecule has 0 aromatic carbocycles. The van der Waals surface area contributed by atoms with Crippen molar-refractivity contribution in [1.29, 1.82) is 0 Å². The molecule has 0 aliphatic rings. The zero-order valence-electron chi connectivity index (χ0n) is 9.70. The summed E-state index contributed by atoms with van der Waals surface area (Å²) in [5.74, 6) is 0.973. The Labute approximate surface area is 85.7 Å². The third kappa shape index (κ3) is 2.80. The van der Waals surface area contributed by atoms with Crippen molar-refractivity contribution in [2.24, 2.45) is 12.5 Å². The first kappa shape index (κ1) is 11.2. The van der Waals surface area contributed by atoms with Crippen LogP contribution in [-0.4, -0.2) is 20.8 Å². The lowest BCUT2D eigenvalue weighted by Gasteiger charge is -2.27. The summed E-state index contributed by atoms with van der Waals surface area (Å²) in [4.78, 5) is 4.16. The minimum atomic E-state index is 0.276. The number of aryl methyl sites for hydroxylation is 1. The molecule has 0 saturated heterocycles. The molecule has 0 saturated carbocycles. The molecule has 1 atom stereocenters. The van der Waals surface area contributed by atoms with E-state index in [0.717, 1.165) is 12.4 Å². The second-order valence-corrected chi connectivity index (χ2v) is 4.77. The number of aromatic nitrogens is 3. The maximum Gasteiger partial charge on any atom is 0.140 e. The highest BCUT2D eigenvalue weighted by Gasteiger charge is 2.19. The Hall–Kier alpha value is -0.900. The van der Waals surface area contributed by atoms with Gasteiger partial charge in [-0.15, -0.1) is 0 Å². The van der Waals surface area contributed by atoms with Crippen LogP contribution in [0.4, 0.5) is 0 Å². The maximum absolute atomic E-state index is 4.16. The van der Waals surface area contributed by atoms with E-state index in [9.17, 15) is 0 Å². The average molecular weight is 196 g/mol. The van der Waals surface area contributed by atoms with Gasteiger partial charge in [0, 0.05) is 13.1 Å². The van der Waals surface area contributed by atoms with Crippen molar-refractivity contribution in [3.8, 4) is 0 Å². The van der Waals surface area contributed by atoms with Crippen LogP contribution in [0.2, 0.25) is 0 Å². The number of nitrogens with zero attached hydrogens (tertiary/aromatic N) is 3. The summed E-state index contributed by atoms with van der Waals surface area (Å²) >= 11 is 0. The van der Waals surface area contributed by atoms with Crippen LogP contribution in [0.15, 0.2) is 6.33 Å². The van der Waals surface area contributed by atoms with Crippen molar-refractivity contribution in [3.63, 3.8) is 0 Å². The Kier molecular flexibility index (Phi) is 3.26. The SMILES string of the molecule is CC(NCc1ncnn1C)C(C)(C)C. The molecule has 1 N–H and O–H groups in total. The van der Waals surface area contributed by atoms with Gasteiger partial charge in [-0.25, -0.2) is 4.98 Å². The van der Waals surface area contributed by atoms with Gasteiger partial charge in [0.1, 0.15) is 12.2 Å². The van der Waals surface area contributed by atoms with Gasteiger partial charge in [-0.3, -0.25) is 4.68 Å². The van der Waals surface area contributed by atoms with Crippen molar-refractivity contribution in [2.75, 3.05) is 0 Å². The molecule has 0 aliphatic carbocycles. The smallest absolute Gasteiger partial charge is 0.140 e. The number of hydrogen-bond donors (Lipinski definition) is 1. The Morgan fingerprint density at radius 3 is 2.57 bits per heavy atom. The fourth-order valence-corrected chi connectivity index (χ4v) is 1.03. The summed E-state index contributed by atoms with van der Waals surface area (Å²) in [7, 11) is 1.91. The normalized spacial score (nSPS) is 14.4. The van der Waals surface area contributed by atoms with Crippen LogP contribution < -0.4 is 5.32 Å². The van der Waals surface area contributed by atoms with Gasteiger partial charge in [0.2, 0.25) is 0 Å². The zero-order valence-corrected chi connectivity index (χ0v) is 9.70. The monoisotopic (exact) mass is 196 g/mol. The van der Waals surface area contributed by atoms with Gasteiger partial charge in [0.05, 0.1) is 6.54 Å². The molecule has 0 amide bonds. The summed E-state index contributed by atoms with van der Waals surface area (Å²) in [5, 5.41) is 7.46. The predicted octanol–water partition coefficient (Wildman–Crippen LogP) is 1.34. The van der Waals surface area contributed by atoms with E-state index in [4.69, 9.17) is 0 Å². The first-order valence-corrected chi connectivity index (χ1v) is 4.97. The van der Waals surface area contributed by atoms with Gasteiger partial charge in [-0.1, -0.05) is 20.8 Å². The van der Waals surface area contributed by atoms with Crippen molar-refractivity contribution in [3.05, 3.63) is 12.2 Å². The van der Waals surface area contributed by atoms with Crippen LogP contribution in [-0.2, 0) is 13.6 Å². The molecule has 0 radical (unpaired) electrons. The molecule has 1 aromatic heterocycles. The van der Waals surface area contributed by atoms with E-state index in [1.807, 2.05) is 7.05 Å². The minimum absolute atomic E-state index is 0.276. The van der Waals surface area contributed by atoms with Gasteiger partial charge < -0.3 is 5.32 Å². The van der Waals surface area contributed by atoms with Crippen molar-refractivity contribution in [2.45, 2.75) is 40.3 Å². The molecule has 0 aliphatic heterocycles. The van der Waals surface area contributed by atoms with Crippen LogP contribution >= 0.6 is 0 Å². The topological polar surface area (TPSA) is 42.7 Å². The molecule has 4 heteroatoms. The fraction of sp³-hybridized carbons (Fsp3) is 0.800. The fourth-order valence-electron chi connectivity index (χ4n) is 1.03. The highest BCUT2D eigenvalue weighted by Crippen LogP contribution is 2.18. The van der Waals surface area contributed by atoms with Crippen LogP contribution in [0.1, 0.15) is 33.5 Å². The van der Waals surface area contributed by atoms with E-state index in [-0.39, 0.29) is 5.41 Å². The van der Waals surface area contributed by atoms with Crippen LogP contribution in [0.3, 0.4) is 0 Å². The molecule has 0 fully saturated rings. The molecule has 0 spiro atoms. The predicted molar refractivity (Wildman–Crippen MR) is 56.8 cm³/mol. The van der Waals surface area contributed by atoms with Crippen molar-refractivity contribution >= 4 is 0 Å². The number of hydrogen-bond acceptors (Lipinski definition) is 3. The molecule has 1 rings (SSSR count). The summed E-state index contributed by atoms with van der Waals surface area (Å²) in [5.41, 5.74) is 0.276. The molecule has 4 nitrogen and oxygen atoms in total. The first-order chi connectivity index (χ1) is 6.41. The standard InChI is InChI=1S/C10H20N4/c1-8(10(2,3)4)11-6-9-12-7-13-14(9)5/h7-8,11H,6H2,1-5H3. The van der Waals surface area contributed by atoms with Gasteiger partial charge in [0.25, 0.3) is 0 Å². The van der Waals surface area contributed by atoms with Crippen molar-refractivity contribution in [1.82, 2.24) is 20.1 Å². The summed E-state index contributed by atoms with van der Waals surface area (Å²) in [6.07, 6.45) is 1.58. The molecule has 1 aromatic rings. The summed E-state index contributed by atoms with van der Waals surface area (Å²) in [6.45, 7) is 9.63. The Bertz CT molecular complexity index is 285. The first-order valence-electron chi connectivity index (χ1n) is 4.97. The van der Waals surface area contributed by atoms with Crippen LogP contribution in [0, 0.1) is 5.41 Å². The maximum atomic E-state index is 4.16. The van der Waals surface area contributed by atoms with E-state index in [1.54, 1.807) is 11.0 Å². The lowest BCUT2D eigenvalue weighted by molar-refractivity contribution is 0.282. The van der Waals surface area contributed by atoms with Gasteiger partial charge in [-0.2, -0.15) is 5.10 Å². The third-order valence-electron chi connectivity index (χ3n) is 2.67. The lowest BCUT2D eigenvalue weighted by Crippen LogP contribution is -2.37. The average Bonchev–Trinajstić information content (AvgIpc) is 2.45. The molecule has 14 heavy (non-hydrogen) atoms. The van der Waals surface area contributed by atoms with Crippen LogP contribution in [0.5, 0.6) is 0 Å². The molecular formula is C10H20N4. The highest BCUT2D eigenvalue weighted by molar-refractivity contribution is 4.85. The molecular weight excluding hydrogens is 176 g/mol. The van der Waals surface area contributed by atoms with Gasteiger partial charge in [0.15, 0.2) is 0 Å². The van der Waals surface area contributed by atoms with E-state index >= 15 is 0 Å². The Balaban J connectivity index is 2.46. The summed E-state index contributed by atoms with van der Waals surface area (Å²) < 4.78 is 1.79. The summed E-state index contributed by atoms with van der Waals surface area (Å²) in [6, 6.07) is 0.458. The number of nitrogens with one attached hydrogen (secondary N) is 1. The Morgan fingerprint density at radius 1 is 1.50 bits per heavy atom. The third-order valence-corrected chi connectivity index (χ3v) is 2.67. The Morgan fingerprint density at radius 2 is 2.14 bits per heavy atom. The largest absolute Gasteiger partial charge is 0.307 e. The second kappa shape index (κ2) is 4.09. The van der Waals surface area contributed by atoms with Crippen LogP contribution in [0.25, 0.3) is 0 Å². The molecule has 1 heterocycles. The van der Waals surface area contributed by atoms with E-state index in [2.05, 4.69) is 43.1 Å². The molecule has 80 valence electrons. The number of rotatable bonds is 3. The molecule has 1 unspecified atom stereocenters. The van der Waals surface area contributed by atoms with Crippen molar-refractivity contribution < 1.29 is 0 Å². The van der Waals surface area contributed by atoms with E-state index < -0.39 is 0 Å². The molecule has 0 bridgehead atoms. The quantitative estimate of drug-likeness (QED) is 0.793. The van der Waals surface area contributed by atoms with Gasteiger partial charge in [-0.05, 0) is 12.3 Å².